The Kier molecular flexibility index (Phi) is 3.62. The molecule has 4 N–H and O–H groups in total. The first kappa shape index (κ1) is 13.2. The molecule has 5 heteroatoms. The van der Waals surface area contributed by atoms with Crippen molar-refractivity contribution in [3.05, 3.63) is 52.5 Å². The van der Waals surface area contributed by atoms with Crippen molar-refractivity contribution in [1.82, 2.24) is 0 Å². The van der Waals surface area contributed by atoms with Gasteiger partial charge in [-0.2, -0.15) is 0 Å². The van der Waals surface area contributed by atoms with Crippen LogP contribution >= 0.6 is 11.6 Å². The lowest BCUT2D eigenvalue weighted by Crippen LogP contribution is -2.12. The van der Waals surface area contributed by atoms with Gasteiger partial charge in [-0.05, 0) is 48.9 Å². The zero-order chi connectivity index (χ0) is 14.0. The lowest BCUT2D eigenvalue weighted by molar-refractivity contribution is 0.102. The van der Waals surface area contributed by atoms with Gasteiger partial charge in [0.05, 0.1) is 5.02 Å². The van der Waals surface area contributed by atoms with Gasteiger partial charge in [-0.15, -0.1) is 0 Å². The van der Waals surface area contributed by atoms with Crippen molar-refractivity contribution in [3.8, 4) is 5.75 Å². The zero-order valence-electron chi connectivity index (χ0n) is 10.3. The highest BCUT2D eigenvalue weighted by atomic mass is 35.5. The van der Waals surface area contributed by atoms with E-state index in [1.165, 1.54) is 18.2 Å². The van der Waals surface area contributed by atoms with Crippen LogP contribution in [0, 0.1) is 6.92 Å². The normalized spacial score (nSPS) is 10.2. The summed E-state index contributed by atoms with van der Waals surface area (Å²) >= 11 is 5.77. The number of aromatic hydroxyl groups is 1. The third-order valence-electron chi connectivity index (χ3n) is 2.71. The van der Waals surface area contributed by atoms with E-state index in [1.807, 2.05) is 6.92 Å². The summed E-state index contributed by atoms with van der Waals surface area (Å²) < 4.78 is 0. The summed E-state index contributed by atoms with van der Waals surface area (Å²) in [5, 5.41) is 12.2. The Balaban J connectivity index is 2.23. The SMILES string of the molecule is Cc1cc(N)ccc1NC(=O)c1ccc(O)c(Cl)c1. The fraction of sp³-hybridized carbons (Fsp3) is 0.0714. The van der Waals surface area contributed by atoms with Gasteiger partial charge in [-0.1, -0.05) is 11.6 Å². The van der Waals surface area contributed by atoms with Crippen LogP contribution < -0.4 is 11.1 Å². The molecule has 0 saturated heterocycles. The van der Waals surface area contributed by atoms with Crippen LogP contribution in [0.3, 0.4) is 0 Å². The third kappa shape index (κ3) is 2.98. The summed E-state index contributed by atoms with van der Waals surface area (Å²) in [6.45, 7) is 1.86. The van der Waals surface area contributed by atoms with Crippen LogP contribution in [0.15, 0.2) is 36.4 Å². The largest absolute Gasteiger partial charge is 0.506 e. The van der Waals surface area contributed by atoms with Crippen molar-refractivity contribution in [2.75, 3.05) is 11.1 Å². The monoisotopic (exact) mass is 276 g/mol. The molecule has 0 aliphatic rings. The molecular weight excluding hydrogens is 264 g/mol. The minimum atomic E-state index is -0.297. The van der Waals surface area contributed by atoms with Crippen molar-refractivity contribution in [2.24, 2.45) is 0 Å². The van der Waals surface area contributed by atoms with Crippen molar-refractivity contribution in [2.45, 2.75) is 6.92 Å². The fourth-order valence-electron chi connectivity index (χ4n) is 1.67. The van der Waals surface area contributed by atoms with E-state index in [4.69, 9.17) is 17.3 Å². The standard InChI is InChI=1S/C14H13ClN2O2/c1-8-6-10(16)3-4-12(8)17-14(19)9-2-5-13(18)11(15)7-9/h2-7,18H,16H2,1H3,(H,17,19). The summed E-state index contributed by atoms with van der Waals surface area (Å²) in [6.07, 6.45) is 0. The Morgan fingerprint density at radius 1 is 1.26 bits per heavy atom. The number of nitrogens with two attached hydrogens (primary N) is 1. The van der Waals surface area contributed by atoms with Crippen molar-refractivity contribution in [1.29, 1.82) is 0 Å². The first-order valence-electron chi connectivity index (χ1n) is 5.63. The van der Waals surface area contributed by atoms with Crippen LogP contribution in [0.1, 0.15) is 15.9 Å². The smallest absolute Gasteiger partial charge is 0.255 e. The number of benzene rings is 2. The van der Waals surface area contributed by atoms with Gasteiger partial charge in [0.25, 0.3) is 5.91 Å². The van der Waals surface area contributed by atoms with E-state index < -0.39 is 0 Å². The molecule has 2 aromatic carbocycles. The average molecular weight is 277 g/mol. The van der Waals surface area contributed by atoms with Gasteiger partial charge in [-0.3, -0.25) is 4.79 Å². The summed E-state index contributed by atoms with van der Waals surface area (Å²) in [5.41, 5.74) is 8.22. The number of hydrogen-bond donors (Lipinski definition) is 3. The first-order valence-corrected chi connectivity index (χ1v) is 6.01. The Morgan fingerprint density at radius 3 is 2.63 bits per heavy atom. The van der Waals surface area contributed by atoms with Crippen LogP contribution in [0.4, 0.5) is 11.4 Å². The molecule has 98 valence electrons. The van der Waals surface area contributed by atoms with Crippen LogP contribution in [0.5, 0.6) is 5.75 Å². The maximum atomic E-state index is 12.0. The maximum Gasteiger partial charge on any atom is 0.255 e. The molecule has 2 rings (SSSR count). The highest BCUT2D eigenvalue weighted by molar-refractivity contribution is 6.32. The number of anilines is 2. The minimum absolute atomic E-state index is 0.0538. The highest BCUT2D eigenvalue weighted by Crippen LogP contribution is 2.24. The predicted octanol–water partition coefficient (Wildman–Crippen LogP) is 3.19. The molecule has 1 amide bonds. The molecule has 0 aliphatic carbocycles. The Labute approximate surface area is 115 Å². The predicted molar refractivity (Wildman–Crippen MR) is 76.7 cm³/mol. The molecule has 0 spiro atoms. The number of amides is 1. The minimum Gasteiger partial charge on any atom is -0.506 e. The Morgan fingerprint density at radius 2 is 2.00 bits per heavy atom. The molecule has 0 heterocycles. The fourth-order valence-corrected chi connectivity index (χ4v) is 1.85. The van der Waals surface area contributed by atoms with E-state index in [2.05, 4.69) is 5.32 Å². The van der Waals surface area contributed by atoms with E-state index in [0.29, 0.717) is 16.9 Å². The molecule has 0 fully saturated rings. The number of rotatable bonds is 2. The number of phenolic OH excluding ortho intramolecular Hbond substituents is 1. The molecule has 0 bridgehead atoms. The molecule has 0 saturated carbocycles. The lowest BCUT2D eigenvalue weighted by atomic mass is 10.1. The second kappa shape index (κ2) is 5.20. The molecule has 19 heavy (non-hydrogen) atoms. The van der Waals surface area contributed by atoms with Crippen LogP contribution in [0.25, 0.3) is 0 Å². The van der Waals surface area contributed by atoms with E-state index in [1.54, 1.807) is 18.2 Å². The summed E-state index contributed by atoms with van der Waals surface area (Å²) in [5.74, 6) is -0.350. The quantitative estimate of drug-likeness (QED) is 0.737. The Bertz CT molecular complexity index is 641. The number of nitrogen functional groups attached to an aromatic ring is 1. The molecule has 0 unspecified atom stereocenters. The third-order valence-corrected chi connectivity index (χ3v) is 3.01. The van der Waals surface area contributed by atoms with Gasteiger partial charge in [0.15, 0.2) is 0 Å². The van der Waals surface area contributed by atoms with Crippen LogP contribution in [-0.4, -0.2) is 11.0 Å². The van der Waals surface area contributed by atoms with Crippen LogP contribution in [-0.2, 0) is 0 Å². The van der Waals surface area contributed by atoms with Crippen LogP contribution in [0.2, 0.25) is 5.02 Å². The van der Waals surface area contributed by atoms with E-state index in [-0.39, 0.29) is 16.7 Å². The number of carbonyl (C=O) groups excluding carboxylic acids is 1. The van der Waals surface area contributed by atoms with Gasteiger partial charge in [-0.25, -0.2) is 0 Å². The Hall–Kier alpha value is -2.20. The molecule has 0 radical (unpaired) electrons. The van der Waals surface area contributed by atoms with Gasteiger partial charge in [0.1, 0.15) is 5.75 Å². The lowest BCUT2D eigenvalue weighted by Gasteiger charge is -2.09. The molecule has 0 aliphatic heterocycles. The van der Waals surface area contributed by atoms with Crippen molar-refractivity contribution < 1.29 is 9.90 Å². The van der Waals surface area contributed by atoms with Gasteiger partial charge < -0.3 is 16.2 Å². The zero-order valence-corrected chi connectivity index (χ0v) is 11.0. The molecule has 2 aromatic rings. The number of carbonyl (C=O) groups is 1. The molecule has 4 nitrogen and oxygen atoms in total. The number of halogens is 1. The molecule has 0 aromatic heterocycles. The summed E-state index contributed by atoms with van der Waals surface area (Å²) in [6, 6.07) is 9.53. The number of nitrogens with one attached hydrogen (secondary N) is 1. The van der Waals surface area contributed by atoms with E-state index >= 15 is 0 Å². The average Bonchev–Trinajstić information content (AvgIpc) is 2.36. The van der Waals surface area contributed by atoms with Crippen molar-refractivity contribution in [3.63, 3.8) is 0 Å². The molecule has 0 atom stereocenters. The topological polar surface area (TPSA) is 75.3 Å². The second-order valence-electron chi connectivity index (χ2n) is 4.19. The van der Waals surface area contributed by atoms with E-state index in [0.717, 1.165) is 5.56 Å². The second-order valence-corrected chi connectivity index (χ2v) is 4.60. The highest BCUT2D eigenvalue weighted by Gasteiger charge is 2.10. The van der Waals surface area contributed by atoms with E-state index in [9.17, 15) is 9.90 Å². The van der Waals surface area contributed by atoms with Gasteiger partial charge in [0, 0.05) is 16.9 Å². The van der Waals surface area contributed by atoms with Gasteiger partial charge >= 0.3 is 0 Å². The summed E-state index contributed by atoms with van der Waals surface area (Å²) in [4.78, 5) is 12.0. The maximum absolute atomic E-state index is 12.0. The van der Waals surface area contributed by atoms with Gasteiger partial charge in [0.2, 0.25) is 0 Å². The molecular formula is C14H13ClN2O2. The van der Waals surface area contributed by atoms with Crippen molar-refractivity contribution >= 4 is 28.9 Å². The number of hydrogen-bond acceptors (Lipinski definition) is 3. The first-order chi connectivity index (χ1) is 8.97. The number of aryl methyl sites for hydroxylation is 1. The number of phenols is 1. The summed E-state index contributed by atoms with van der Waals surface area (Å²) in [7, 11) is 0.